The highest BCUT2D eigenvalue weighted by Crippen LogP contribution is 2.19. The van der Waals surface area contributed by atoms with E-state index in [1.807, 2.05) is 0 Å². The van der Waals surface area contributed by atoms with Crippen LogP contribution >= 0.6 is 0 Å². The molecule has 0 aromatic heterocycles. The topological polar surface area (TPSA) is 12.5 Å². The fourth-order valence-electron chi connectivity index (χ4n) is 1.90. The van der Waals surface area contributed by atoms with Crippen LogP contribution in [-0.2, 0) is 4.74 Å². The molecular formula is C10H19NO. The van der Waals surface area contributed by atoms with Gasteiger partial charge in [-0.2, -0.15) is 0 Å². The lowest BCUT2D eigenvalue weighted by Gasteiger charge is -2.27. The molecule has 70 valence electrons. The summed E-state index contributed by atoms with van der Waals surface area (Å²) in [6, 6.07) is 1.26. The number of hydrogen-bond donors (Lipinski definition) is 0. The number of ether oxygens (including phenoxy) is 1. The first-order chi connectivity index (χ1) is 5.75. The number of likely N-dealkylation sites (tertiary alicyclic amines) is 1. The maximum absolute atomic E-state index is 5.22. The van der Waals surface area contributed by atoms with E-state index in [0.717, 1.165) is 6.61 Å². The quantitative estimate of drug-likeness (QED) is 0.597. The molecule has 0 N–H and O–H groups in total. The highest BCUT2D eigenvalue weighted by molar-refractivity contribution is 4.81. The molecule has 0 aliphatic carbocycles. The zero-order valence-electron chi connectivity index (χ0n) is 8.12. The van der Waals surface area contributed by atoms with Crippen LogP contribution in [0, 0.1) is 0 Å². The highest BCUT2D eigenvalue weighted by Gasteiger charge is 2.26. The van der Waals surface area contributed by atoms with Crippen molar-refractivity contribution in [2.75, 3.05) is 13.2 Å². The first-order valence-corrected chi connectivity index (χ1v) is 4.74. The molecule has 0 bridgehead atoms. The molecule has 12 heavy (non-hydrogen) atoms. The molecule has 0 spiro atoms. The first kappa shape index (κ1) is 9.59. The Kier molecular flexibility index (Phi) is 3.60. The number of nitrogens with zero attached hydrogens (tertiary/aromatic N) is 1. The van der Waals surface area contributed by atoms with Gasteiger partial charge in [-0.1, -0.05) is 6.58 Å². The van der Waals surface area contributed by atoms with Gasteiger partial charge in [-0.15, -0.1) is 0 Å². The van der Waals surface area contributed by atoms with E-state index in [1.54, 1.807) is 0 Å². The van der Waals surface area contributed by atoms with Crippen LogP contribution in [0.4, 0.5) is 0 Å². The summed E-state index contributed by atoms with van der Waals surface area (Å²) in [5.74, 6) is 0. The third kappa shape index (κ3) is 2.24. The molecule has 1 aliphatic rings. The monoisotopic (exact) mass is 169 g/mol. The lowest BCUT2D eigenvalue weighted by Crippen LogP contribution is -2.37. The predicted molar refractivity (Wildman–Crippen MR) is 51.0 cm³/mol. The van der Waals surface area contributed by atoms with Crippen molar-refractivity contribution in [3.8, 4) is 0 Å². The van der Waals surface area contributed by atoms with Crippen LogP contribution < -0.4 is 0 Å². The fourth-order valence-corrected chi connectivity index (χ4v) is 1.90. The lowest BCUT2D eigenvalue weighted by atomic mass is 10.2. The Morgan fingerprint density at radius 3 is 3.00 bits per heavy atom. The van der Waals surface area contributed by atoms with Crippen LogP contribution in [0.5, 0.6) is 0 Å². The Bertz CT molecular complexity index is 145. The summed E-state index contributed by atoms with van der Waals surface area (Å²) >= 11 is 0. The van der Waals surface area contributed by atoms with Crippen molar-refractivity contribution in [3.63, 3.8) is 0 Å². The van der Waals surface area contributed by atoms with E-state index in [-0.39, 0.29) is 0 Å². The van der Waals surface area contributed by atoms with E-state index in [9.17, 15) is 0 Å². The zero-order valence-corrected chi connectivity index (χ0v) is 8.12. The van der Waals surface area contributed by atoms with E-state index in [4.69, 9.17) is 4.74 Å². The lowest BCUT2D eigenvalue weighted by molar-refractivity contribution is 0.120. The van der Waals surface area contributed by atoms with Crippen molar-refractivity contribution >= 4 is 0 Å². The van der Waals surface area contributed by atoms with E-state index in [2.05, 4.69) is 25.3 Å². The molecule has 1 rings (SSSR count). The van der Waals surface area contributed by atoms with Gasteiger partial charge >= 0.3 is 0 Å². The largest absolute Gasteiger partial charge is 0.500 e. The van der Waals surface area contributed by atoms with E-state index in [1.165, 1.54) is 25.6 Å². The van der Waals surface area contributed by atoms with Crippen LogP contribution in [0.15, 0.2) is 12.8 Å². The minimum atomic E-state index is 0.614. The normalized spacial score (nSPS) is 24.8. The second-order valence-electron chi connectivity index (χ2n) is 3.63. The van der Waals surface area contributed by atoms with Crippen LogP contribution in [0.2, 0.25) is 0 Å². The van der Waals surface area contributed by atoms with Crippen LogP contribution in [0.25, 0.3) is 0 Å². The molecule has 0 amide bonds. The molecule has 0 radical (unpaired) electrons. The molecule has 1 aliphatic heterocycles. The van der Waals surface area contributed by atoms with Gasteiger partial charge in [-0.05, 0) is 33.2 Å². The van der Waals surface area contributed by atoms with Crippen molar-refractivity contribution in [2.45, 2.75) is 38.8 Å². The molecule has 1 unspecified atom stereocenters. The van der Waals surface area contributed by atoms with E-state index >= 15 is 0 Å². The van der Waals surface area contributed by atoms with Gasteiger partial charge in [0.25, 0.3) is 0 Å². The van der Waals surface area contributed by atoms with Gasteiger partial charge in [-0.25, -0.2) is 0 Å². The molecule has 1 fully saturated rings. The Morgan fingerprint density at radius 1 is 1.67 bits per heavy atom. The molecule has 1 atom stereocenters. The van der Waals surface area contributed by atoms with Gasteiger partial charge in [0.1, 0.15) is 6.61 Å². The maximum Gasteiger partial charge on any atom is 0.103 e. The molecule has 2 nitrogen and oxygen atoms in total. The van der Waals surface area contributed by atoms with Crippen LogP contribution in [0.3, 0.4) is 0 Å². The Balaban J connectivity index is 2.35. The molecular weight excluding hydrogens is 150 g/mol. The third-order valence-corrected chi connectivity index (χ3v) is 2.49. The van der Waals surface area contributed by atoms with Gasteiger partial charge in [0.05, 0.1) is 6.26 Å². The minimum Gasteiger partial charge on any atom is -0.500 e. The van der Waals surface area contributed by atoms with Gasteiger partial charge in [0.15, 0.2) is 0 Å². The molecule has 2 heteroatoms. The maximum atomic E-state index is 5.22. The third-order valence-electron chi connectivity index (χ3n) is 2.49. The molecule has 1 heterocycles. The zero-order chi connectivity index (χ0) is 8.97. The van der Waals surface area contributed by atoms with Crippen LogP contribution in [-0.4, -0.2) is 30.1 Å². The summed E-state index contributed by atoms with van der Waals surface area (Å²) in [4.78, 5) is 2.50. The van der Waals surface area contributed by atoms with Crippen molar-refractivity contribution in [2.24, 2.45) is 0 Å². The number of rotatable bonds is 4. The smallest absolute Gasteiger partial charge is 0.103 e. The van der Waals surface area contributed by atoms with Crippen molar-refractivity contribution in [1.29, 1.82) is 0 Å². The second kappa shape index (κ2) is 4.51. The van der Waals surface area contributed by atoms with Crippen molar-refractivity contribution in [3.05, 3.63) is 12.8 Å². The molecule has 1 saturated heterocycles. The molecule has 0 saturated carbocycles. The highest BCUT2D eigenvalue weighted by atomic mass is 16.5. The second-order valence-corrected chi connectivity index (χ2v) is 3.63. The molecule has 0 aromatic carbocycles. The van der Waals surface area contributed by atoms with Gasteiger partial charge < -0.3 is 4.74 Å². The molecule has 0 aromatic rings. The SMILES string of the molecule is C=COCC1CCCN1C(C)C. The fraction of sp³-hybridized carbons (Fsp3) is 0.800. The van der Waals surface area contributed by atoms with Crippen LogP contribution in [0.1, 0.15) is 26.7 Å². The Labute approximate surface area is 75.2 Å². The summed E-state index contributed by atoms with van der Waals surface area (Å²) in [5, 5.41) is 0. The van der Waals surface area contributed by atoms with E-state index < -0.39 is 0 Å². The summed E-state index contributed by atoms with van der Waals surface area (Å²) < 4.78 is 5.22. The van der Waals surface area contributed by atoms with Crippen molar-refractivity contribution in [1.82, 2.24) is 4.90 Å². The first-order valence-electron chi connectivity index (χ1n) is 4.74. The average molecular weight is 169 g/mol. The Morgan fingerprint density at radius 2 is 2.42 bits per heavy atom. The summed E-state index contributed by atoms with van der Waals surface area (Å²) in [6.45, 7) is 10.1. The predicted octanol–water partition coefficient (Wildman–Crippen LogP) is 2.02. The standard InChI is InChI=1S/C10H19NO/c1-4-12-8-10-6-5-7-11(10)9(2)3/h4,9-10H,1,5-8H2,2-3H3. The van der Waals surface area contributed by atoms with Crippen molar-refractivity contribution < 1.29 is 4.74 Å². The summed E-state index contributed by atoms with van der Waals surface area (Å²) in [7, 11) is 0. The number of hydrogen-bond acceptors (Lipinski definition) is 2. The summed E-state index contributed by atoms with van der Waals surface area (Å²) in [6.07, 6.45) is 4.12. The van der Waals surface area contributed by atoms with Gasteiger partial charge in [-0.3, -0.25) is 4.90 Å². The summed E-state index contributed by atoms with van der Waals surface area (Å²) in [5.41, 5.74) is 0. The average Bonchev–Trinajstić information content (AvgIpc) is 2.48. The minimum absolute atomic E-state index is 0.614. The Hall–Kier alpha value is -0.500. The van der Waals surface area contributed by atoms with Gasteiger partial charge in [0.2, 0.25) is 0 Å². The van der Waals surface area contributed by atoms with E-state index in [0.29, 0.717) is 12.1 Å². The van der Waals surface area contributed by atoms with Gasteiger partial charge in [0, 0.05) is 12.1 Å².